The number of hydrogen-bond acceptors (Lipinski definition) is 1. The smallest absolute Gasteiger partial charge is 0.0542 e. The first kappa shape index (κ1) is 30.4. The van der Waals surface area contributed by atoms with Gasteiger partial charge in [0.25, 0.3) is 0 Å². The number of para-hydroxylation sites is 2. The van der Waals surface area contributed by atoms with Gasteiger partial charge in [-0.1, -0.05) is 129 Å². The second-order valence-corrected chi connectivity index (χ2v) is 14.5. The minimum Gasteiger partial charge on any atom is -0.310 e. The highest BCUT2D eigenvalue weighted by molar-refractivity contribution is 6.11. The fraction of sp³-hybridized carbons (Fsp3) is 0.0800. The van der Waals surface area contributed by atoms with Crippen LogP contribution in [0, 0.1) is 0 Å². The van der Waals surface area contributed by atoms with Crippen molar-refractivity contribution in [2.45, 2.75) is 25.7 Å². The van der Waals surface area contributed by atoms with Crippen LogP contribution in [0.2, 0.25) is 0 Å². The van der Waals surface area contributed by atoms with E-state index in [0.717, 1.165) is 23.5 Å². The van der Waals surface area contributed by atoms with Crippen LogP contribution >= 0.6 is 0 Å². The molecule has 8 aromatic rings. The topological polar surface area (TPSA) is 8.17 Å². The van der Waals surface area contributed by atoms with Crippen molar-refractivity contribution >= 4 is 60.8 Å². The van der Waals surface area contributed by atoms with Crippen molar-refractivity contribution in [2.75, 3.05) is 4.90 Å². The predicted octanol–water partition coefficient (Wildman–Crippen LogP) is 13.5. The maximum atomic E-state index is 2.44. The summed E-state index contributed by atoms with van der Waals surface area (Å²) in [4.78, 5) is 2.40. The molecule has 1 heterocycles. The Morgan fingerprint density at radius 1 is 0.538 bits per heavy atom. The molecule has 0 fully saturated rings. The second kappa shape index (κ2) is 11.9. The van der Waals surface area contributed by atoms with Crippen LogP contribution in [0.15, 0.2) is 188 Å². The first-order chi connectivity index (χ1) is 25.5. The van der Waals surface area contributed by atoms with Crippen LogP contribution in [0.25, 0.3) is 49.4 Å². The van der Waals surface area contributed by atoms with E-state index in [4.69, 9.17) is 0 Å². The van der Waals surface area contributed by atoms with E-state index in [9.17, 15) is 0 Å². The number of allylic oxidation sites excluding steroid dienone is 6. The second-order valence-electron chi connectivity index (χ2n) is 14.5. The van der Waals surface area contributed by atoms with Crippen molar-refractivity contribution in [3.8, 4) is 5.69 Å². The van der Waals surface area contributed by atoms with Gasteiger partial charge >= 0.3 is 0 Å². The van der Waals surface area contributed by atoms with E-state index in [-0.39, 0.29) is 5.41 Å². The minimum atomic E-state index is -0.0407. The summed E-state index contributed by atoms with van der Waals surface area (Å²) in [5.74, 6) is 0. The number of hydrogen-bond donors (Lipinski definition) is 0. The Labute approximate surface area is 304 Å². The Hall–Kier alpha value is -6.38. The van der Waals surface area contributed by atoms with E-state index in [1.807, 2.05) is 0 Å². The Bertz CT molecular complexity index is 2770. The van der Waals surface area contributed by atoms with Gasteiger partial charge in [-0.3, -0.25) is 0 Å². The van der Waals surface area contributed by atoms with Crippen LogP contribution in [0.3, 0.4) is 0 Å². The number of anilines is 3. The molecular formula is C50H38N2. The molecular weight excluding hydrogens is 629 g/mol. The molecule has 7 aromatic carbocycles. The number of aromatic nitrogens is 1. The van der Waals surface area contributed by atoms with Crippen LogP contribution in [-0.4, -0.2) is 4.57 Å². The average molecular weight is 667 g/mol. The van der Waals surface area contributed by atoms with Crippen molar-refractivity contribution in [2.24, 2.45) is 0 Å². The van der Waals surface area contributed by atoms with E-state index >= 15 is 0 Å². The summed E-state index contributed by atoms with van der Waals surface area (Å²) in [7, 11) is 0. The zero-order valence-electron chi connectivity index (χ0n) is 29.4. The molecule has 248 valence electrons. The number of rotatable bonds is 5. The largest absolute Gasteiger partial charge is 0.310 e. The molecule has 2 nitrogen and oxygen atoms in total. The molecule has 10 rings (SSSR count). The summed E-state index contributed by atoms with van der Waals surface area (Å²) in [6.07, 6.45) is 8.14. The standard InChI is InChI=1S/C50H38N2/c1-50(2)46-21-10-8-18-42(46)43-20-12-15-37(32-47(43)50)35-23-26-39(27-24-35)51(40-28-25-34-13-6-7-14-36(34)31-40)41-29-30-49-45(33-41)44-19-9-11-22-48(44)52(49)38-16-4-3-5-17-38/h3-11,13-33H,12H2,1-2H3. The lowest BCUT2D eigenvalue weighted by Gasteiger charge is -2.26. The lowest BCUT2D eigenvalue weighted by Crippen LogP contribution is -2.15. The Morgan fingerprint density at radius 3 is 2.08 bits per heavy atom. The van der Waals surface area contributed by atoms with Gasteiger partial charge in [0.2, 0.25) is 0 Å². The third-order valence-corrected chi connectivity index (χ3v) is 11.2. The highest BCUT2D eigenvalue weighted by atomic mass is 15.1. The molecule has 2 aliphatic rings. The molecule has 1 aromatic heterocycles. The molecule has 0 N–H and O–H groups in total. The van der Waals surface area contributed by atoms with Crippen molar-refractivity contribution < 1.29 is 0 Å². The maximum Gasteiger partial charge on any atom is 0.0542 e. The van der Waals surface area contributed by atoms with Crippen molar-refractivity contribution in [3.05, 3.63) is 204 Å². The molecule has 0 aliphatic heterocycles. The van der Waals surface area contributed by atoms with Crippen LogP contribution in [-0.2, 0) is 5.41 Å². The van der Waals surface area contributed by atoms with Gasteiger partial charge in [0, 0.05) is 38.9 Å². The van der Waals surface area contributed by atoms with Crippen LogP contribution in [0.1, 0.15) is 37.0 Å². The fourth-order valence-electron chi connectivity index (χ4n) is 8.61. The number of nitrogens with zero attached hydrogens (tertiary/aromatic N) is 2. The summed E-state index contributed by atoms with van der Waals surface area (Å²) >= 11 is 0. The zero-order valence-corrected chi connectivity index (χ0v) is 29.4. The van der Waals surface area contributed by atoms with E-state index in [1.54, 1.807) is 0 Å². The molecule has 2 aliphatic carbocycles. The zero-order chi connectivity index (χ0) is 34.8. The van der Waals surface area contributed by atoms with Gasteiger partial charge in [-0.2, -0.15) is 0 Å². The quantitative estimate of drug-likeness (QED) is 0.177. The van der Waals surface area contributed by atoms with E-state index in [1.165, 1.54) is 71.7 Å². The maximum absolute atomic E-state index is 2.44. The highest BCUT2D eigenvalue weighted by Crippen LogP contribution is 2.51. The van der Waals surface area contributed by atoms with Gasteiger partial charge < -0.3 is 9.47 Å². The monoisotopic (exact) mass is 666 g/mol. The van der Waals surface area contributed by atoms with E-state index < -0.39 is 0 Å². The van der Waals surface area contributed by atoms with Gasteiger partial charge in [-0.25, -0.2) is 0 Å². The Balaban J connectivity index is 1.10. The molecule has 0 radical (unpaired) electrons. The molecule has 52 heavy (non-hydrogen) atoms. The predicted molar refractivity (Wildman–Crippen MR) is 221 cm³/mol. The van der Waals surface area contributed by atoms with Gasteiger partial charge in [-0.05, 0) is 117 Å². The van der Waals surface area contributed by atoms with Gasteiger partial charge in [0.1, 0.15) is 0 Å². The number of benzene rings is 7. The molecule has 0 spiro atoms. The van der Waals surface area contributed by atoms with E-state index in [0.29, 0.717) is 0 Å². The third-order valence-electron chi connectivity index (χ3n) is 11.2. The molecule has 0 atom stereocenters. The molecule has 0 amide bonds. The Kier molecular flexibility index (Phi) is 6.94. The summed E-state index contributed by atoms with van der Waals surface area (Å²) in [6.45, 7) is 4.72. The lowest BCUT2D eigenvalue weighted by molar-refractivity contribution is 0.661. The van der Waals surface area contributed by atoms with Crippen LogP contribution in [0.5, 0.6) is 0 Å². The van der Waals surface area contributed by atoms with Gasteiger partial charge in [0.15, 0.2) is 0 Å². The molecule has 0 saturated carbocycles. The van der Waals surface area contributed by atoms with Crippen molar-refractivity contribution in [3.63, 3.8) is 0 Å². The van der Waals surface area contributed by atoms with Gasteiger partial charge in [0.05, 0.1) is 11.0 Å². The molecule has 2 heteroatoms. The van der Waals surface area contributed by atoms with Crippen LogP contribution < -0.4 is 4.90 Å². The highest BCUT2D eigenvalue weighted by Gasteiger charge is 2.38. The summed E-state index contributed by atoms with van der Waals surface area (Å²) in [5.41, 5.74) is 15.0. The Morgan fingerprint density at radius 2 is 1.21 bits per heavy atom. The number of fused-ring (bicyclic) bond motifs is 7. The first-order valence-corrected chi connectivity index (χ1v) is 18.3. The summed E-state index contributed by atoms with van der Waals surface area (Å²) in [6, 6.07) is 59.8. The minimum absolute atomic E-state index is 0.0407. The SMILES string of the molecule is CC1(C)C2=CC(c3ccc(N(c4ccc5ccccc5c4)c4ccc5c(c4)c4ccccc4n5-c4ccccc4)cc3)=CCC=C2c2ccccc21. The van der Waals surface area contributed by atoms with Crippen molar-refractivity contribution in [1.29, 1.82) is 0 Å². The van der Waals surface area contributed by atoms with Gasteiger partial charge in [-0.15, -0.1) is 0 Å². The lowest BCUT2D eigenvalue weighted by atomic mass is 9.81. The fourth-order valence-corrected chi connectivity index (χ4v) is 8.61. The normalized spacial score (nSPS) is 14.8. The molecule has 0 unspecified atom stereocenters. The first-order valence-electron chi connectivity index (χ1n) is 18.3. The van der Waals surface area contributed by atoms with E-state index in [2.05, 4.69) is 205 Å². The van der Waals surface area contributed by atoms with Crippen molar-refractivity contribution in [1.82, 2.24) is 4.57 Å². The molecule has 0 saturated heterocycles. The average Bonchev–Trinajstić information content (AvgIpc) is 3.49. The summed E-state index contributed by atoms with van der Waals surface area (Å²) in [5, 5.41) is 4.94. The third kappa shape index (κ3) is 4.79. The van der Waals surface area contributed by atoms with Crippen LogP contribution in [0.4, 0.5) is 17.1 Å². The molecule has 0 bridgehead atoms. The summed E-state index contributed by atoms with van der Waals surface area (Å²) < 4.78 is 2.38.